The van der Waals surface area contributed by atoms with E-state index in [1.54, 1.807) is 9.47 Å². The number of hydrogen-bond donors (Lipinski definition) is 2. The molecule has 0 bridgehead atoms. The van der Waals surface area contributed by atoms with Gasteiger partial charge >= 0.3 is 0 Å². The maximum atomic E-state index is 13.4. The fraction of sp³-hybridized carbons (Fsp3) is 0.640. The molecule has 1 aromatic rings. The number of aromatic nitrogens is 1. The first-order valence-corrected chi connectivity index (χ1v) is 12.2. The van der Waals surface area contributed by atoms with Crippen molar-refractivity contribution in [3.05, 3.63) is 39.8 Å². The molecule has 0 spiro atoms. The minimum atomic E-state index is -0.689. The van der Waals surface area contributed by atoms with E-state index >= 15 is 0 Å². The van der Waals surface area contributed by atoms with Crippen LogP contribution < -0.4 is 10.9 Å². The number of rotatable bonds is 6. The van der Waals surface area contributed by atoms with Gasteiger partial charge in [0.1, 0.15) is 6.04 Å². The van der Waals surface area contributed by atoms with Crippen LogP contribution in [0, 0.1) is 17.8 Å². The molecule has 0 radical (unpaired) electrons. The zero-order valence-electron chi connectivity index (χ0n) is 18.8. The van der Waals surface area contributed by atoms with Gasteiger partial charge < -0.3 is 19.9 Å². The first kappa shape index (κ1) is 21.4. The number of allylic oxidation sites excluding steroid dienone is 2. The maximum absolute atomic E-state index is 13.4. The van der Waals surface area contributed by atoms with Gasteiger partial charge in [0.15, 0.2) is 0 Å². The van der Waals surface area contributed by atoms with Gasteiger partial charge in [0.05, 0.1) is 6.04 Å². The van der Waals surface area contributed by atoms with Gasteiger partial charge in [-0.05, 0) is 69.1 Å². The highest BCUT2D eigenvalue weighted by molar-refractivity contribution is 5.89. The molecular formula is C25H33N3O4. The smallest absolute Gasteiger partial charge is 0.258 e. The summed E-state index contributed by atoms with van der Waals surface area (Å²) in [5.41, 5.74) is 2.67. The predicted octanol–water partition coefficient (Wildman–Crippen LogP) is 2.23. The van der Waals surface area contributed by atoms with Crippen LogP contribution in [0.5, 0.6) is 0 Å². The average Bonchev–Trinajstić information content (AvgIpc) is 3.43. The fourth-order valence-corrected chi connectivity index (χ4v) is 6.05. The molecule has 2 aliphatic carbocycles. The van der Waals surface area contributed by atoms with E-state index in [4.69, 9.17) is 0 Å². The zero-order chi connectivity index (χ0) is 22.4. The van der Waals surface area contributed by atoms with E-state index in [2.05, 4.69) is 11.4 Å². The molecule has 0 aromatic carbocycles. The molecule has 1 saturated heterocycles. The largest absolute Gasteiger partial charge is 0.396 e. The van der Waals surface area contributed by atoms with Crippen LogP contribution in [-0.2, 0) is 16.1 Å². The highest BCUT2D eigenvalue weighted by atomic mass is 16.3. The Morgan fingerprint density at radius 2 is 2.03 bits per heavy atom. The maximum Gasteiger partial charge on any atom is 0.258 e. The summed E-state index contributed by atoms with van der Waals surface area (Å²) in [5.74, 6) is -0.365. The van der Waals surface area contributed by atoms with Crippen molar-refractivity contribution in [2.45, 2.75) is 70.5 Å². The number of hydrogen-bond acceptors (Lipinski definition) is 4. The minimum absolute atomic E-state index is 0.00843. The van der Waals surface area contributed by atoms with Gasteiger partial charge in [0.2, 0.25) is 11.8 Å². The summed E-state index contributed by atoms with van der Waals surface area (Å²) in [5, 5.41) is 13.1. The molecule has 172 valence electrons. The van der Waals surface area contributed by atoms with Crippen molar-refractivity contribution in [1.29, 1.82) is 0 Å². The van der Waals surface area contributed by atoms with Crippen molar-refractivity contribution >= 4 is 17.4 Å². The van der Waals surface area contributed by atoms with E-state index in [9.17, 15) is 19.5 Å². The molecule has 1 aromatic heterocycles. The summed E-state index contributed by atoms with van der Waals surface area (Å²) in [7, 11) is 0. The molecule has 3 heterocycles. The van der Waals surface area contributed by atoms with Crippen LogP contribution in [0.1, 0.15) is 69.2 Å². The second-order valence-electron chi connectivity index (χ2n) is 9.81. The lowest BCUT2D eigenvalue weighted by Gasteiger charge is -2.31. The molecule has 2 fully saturated rings. The third-order valence-electron chi connectivity index (χ3n) is 7.78. The molecule has 5 rings (SSSR count). The number of carbonyl (C=O) groups excluding carboxylic acids is 2. The number of pyridine rings is 1. The van der Waals surface area contributed by atoms with Gasteiger partial charge in [-0.25, -0.2) is 0 Å². The lowest BCUT2D eigenvalue weighted by molar-refractivity contribution is -0.142. The van der Waals surface area contributed by atoms with E-state index < -0.39 is 6.04 Å². The zero-order valence-corrected chi connectivity index (χ0v) is 18.8. The topological polar surface area (TPSA) is 91.6 Å². The monoisotopic (exact) mass is 439 g/mol. The number of carbonyl (C=O) groups is 2. The van der Waals surface area contributed by atoms with Crippen LogP contribution >= 0.6 is 0 Å². The fourth-order valence-electron chi connectivity index (χ4n) is 6.05. The third-order valence-corrected chi connectivity index (χ3v) is 7.78. The number of nitrogens with one attached hydrogen (secondary N) is 1. The van der Waals surface area contributed by atoms with Crippen LogP contribution in [0.25, 0.3) is 5.57 Å². The van der Waals surface area contributed by atoms with Gasteiger partial charge in [-0.3, -0.25) is 14.4 Å². The summed E-state index contributed by atoms with van der Waals surface area (Å²) >= 11 is 0. The first-order chi connectivity index (χ1) is 15.5. The van der Waals surface area contributed by atoms with Crippen molar-refractivity contribution in [2.75, 3.05) is 13.2 Å². The van der Waals surface area contributed by atoms with E-state index in [-0.39, 0.29) is 41.9 Å². The second kappa shape index (κ2) is 8.50. The van der Waals surface area contributed by atoms with Gasteiger partial charge in [0, 0.05) is 49.2 Å². The van der Waals surface area contributed by atoms with E-state index in [1.165, 1.54) is 0 Å². The lowest BCUT2D eigenvalue weighted by Crippen LogP contribution is -2.50. The first-order valence-electron chi connectivity index (χ1n) is 12.2. The number of likely N-dealkylation sites (N-methyl/N-ethyl adjacent to an activating group) is 1. The van der Waals surface area contributed by atoms with Crippen LogP contribution in [0.4, 0.5) is 0 Å². The Morgan fingerprint density at radius 3 is 2.69 bits per heavy atom. The Labute approximate surface area is 188 Å². The average molecular weight is 440 g/mol. The standard InChI is InChI=1S/C25H33N3O4/c1-2-26-24(31)23-19(14-29)18-13-27-20(22(18)28(23)21(30)12-15-8-9-15)11-10-17(25(27)32)16-6-4-3-5-7-16/h6,10-11,15,18-19,22-23,29H,2-5,7-9,12-14H2,1H3,(H,26,31)/t18-,19-,22+,23-/m1/s1. The Balaban J connectivity index is 1.55. The van der Waals surface area contributed by atoms with E-state index in [1.807, 2.05) is 19.1 Å². The van der Waals surface area contributed by atoms with Crippen molar-refractivity contribution in [2.24, 2.45) is 17.8 Å². The summed E-state index contributed by atoms with van der Waals surface area (Å²) in [4.78, 5) is 41.6. The predicted molar refractivity (Wildman–Crippen MR) is 121 cm³/mol. The number of amides is 2. The normalized spacial score (nSPS) is 28.8. The number of aliphatic hydroxyl groups excluding tert-OH is 1. The summed E-state index contributed by atoms with van der Waals surface area (Å²) in [6.07, 6.45) is 8.91. The number of nitrogens with zero attached hydrogens (tertiary/aromatic N) is 2. The van der Waals surface area contributed by atoms with Crippen molar-refractivity contribution < 1.29 is 14.7 Å². The quantitative estimate of drug-likeness (QED) is 0.711. The number of aliphatic hydroxyl groups is 1. The Hall–Kier alpha value is -2.41. The molecule has 0 unspecified atom stereocenters. The van der Waals surface area contributed by atoms with Gasteiger partial charge in [0.25, 0.3) is 5.56 Å². The second-order valence-corrected chi connectivity index (χ2v) is 9.81. The SMILES string of the molecule is CCNC(=O)[C@H]1[C@H](CO)[C@H]2Cn3c(ccc(C4=CCCCC4)c3=O)[C@H]2N1C(=O)CC1CC1. The number of likely N-dealkylation sites (tertiary alicyclic amines) is 1. The van der Waals surface area contributed by atoms with Gasteiger partial charge in [-0.15, -0.1) is 0 Å². The van der Waals surface area contributed by atoms with Crippen LogP contribution in [0.3, 0.4) is 0 Å². The lowest BCUT2D eigenvalue weighted by atomic mass is 9.88. The van der Waals surface area contributed by atoms with E-state index in [0.717, 1.165) is 55.4 Å². The van der Waals surface area contributed by atoms with Crippen LogP contribution in [0.2, 0.25) is 0 Å². The highest BCUT2D eigenvalue weighted by Gasteiger charge is 2.57. The molecular weight excluding hydrogens is 406 g/mol. The molecule has 7 heteroatoms. The number of fused-ring (bicyclic) bond motifs is 3. The molecule has 32 heavy (non-hydrogen) atoms. The van der Waals surface area contributed by atoms with Gasteiger partial charge in [-0.1, -0.05) is 6.08 Å². The summed E-state index contributed by atoms with van der Waals surface area (Å²) < 4.78 is 1.80. The summed E-state index contributed by atoms with van der Waals surface area (Å²) in [6.45, 7) is 2.58. The highest BCUT2D eigenvalue weighted by Crippen LogP contribution is 2.50. The van der Waals surface area contributed by atoms with Crippen LogP contribution in [0.15, 0.2) is 23.0 Å². The molecule has 4 atom stereocenters. The molecule has 7 nitrogen and oxygen atoms in total. The Bertz CT molecular complexity index is 1010. The van der Waals surface area contributed by atoms with Crippen LogP contribution in [-0.4, -0.2) is 45.6 Å². The third kappa shape index (κ3) is 3.51. The molecule has 4 aliphatic rings. The molecule has 2 amide bonds. The molecule has 2 aliphatic heterocycles. The van der Waals surface area contributed by atoms with Crippen molar-refractivity contribution in [1.82, 2.24) is 14.8 Å². The Morgan fingerprint density at radius 1 is 1.22 bits per heavy atom. The van der Waals surface area contributed by atoms with Crippen molar-refractivity contribution in [3.63, 3.8) is 0 Å². The summed E-state index contributed by atoms with van der Waals surface area (Å²) in [6, 6.07) is 2.85. The minimum Gasteiger partial charge on any atom is -0.396 e. The van der Waals surface area contributed by atoms with Crippen molar-refractivity contribution in [3.8, 4) is 0 Å². The van der Waals surface area contributed by atoms with E-state index in [0.29, 0.717) is 25.4 Å². The Kier molecular flexibility index (Phi) is 5.70. The molecule has 1 saturated carbocycles. The van der Waals surface area contributed by atoms with Gasteiger partial charge in [-0.2, -0.15) is 0 Å². The molecule has 2 N–H and O–H groups in total.